The Kier molecular flexibility index (Phi) is 3.59. The molecule has 1 amide bonds. The third kappa shape index (κ3) is 2.81. The second-order valence-corrected chi connectivity index (χ2v) is 3.17. The molecule has 0 atom stereocenters. The minimum absolute atomic E-state index is 0.0992. The van der Waals surface area contributed by atoms with Gasteiger partial charge in [-0.15, -0.1) is 0 Å². The summed E-state index contributed by atoms with van der Waals surface area (Å²) in [6, 6.07) is 5.09. The zero-order valence-electron chi connectivity index (χ0n) is 7.80. The Bertz CT molecular complexity index is 341. The number of likely N-dealkylation sites (N-methyl/N-ethyl adjacent to an activating group) is 1. The van der Waals surface area contributed by atoms with Crippen LogP contribution in [0.3, 0.4) is 0 Å². The molecule has 0 spiro atoms. The van der Waals surface area contributed by atoms with Crippen molar-refractivity contribution in [2.45, 2.75) is 0 Å². The lowest BCUT2D eigenvalue weighted by Crippen LogP contribution is -2.26. The average molecular weight is 214 g/mol. The molecular weight excluding hydrogens is 202 g/mol. The fourth-order valence-electron chi connectivity index (χ4n) is 0.939. The molecular formula is C9H12ClN3O. The number of nitrogens with one attached hydrogen (secondary N) is 2. The number of amides is 1. The summed E-state index contributed by atoms with van der Waals surface area (Å²) in [6.45, 7) is 0.195. The van der Waals surface area contributed by atoms with Gasteiger partial charge in [-0.1, -0.05) is 11.6 Å². The molecule has 1 aromatic carbocycles. The first kappa shape index (κ1) is 10.7. The first-order chi connectivity index (χ1) is 6.63. The van der Waals surface area contributed by atoms with Gasteiger partial charge in [0.25, 0.3) is 0 Å². The van der Waals surface area contributed by atoms with Crippen LogP contribution in [0.25, 0.3) is 0 Å². The SMILES string of the molecule is CNC(=O)CNc1ccc(N)cc1Cl. The van der Waals surface area contributed by atoms with Crippen molar-refractivity contribution in [2.24, 2.45) is 0 Å². The van der Waals surface area contributed by atoms with E-state index in [0.29, 0.717) is 16.4 Å². The number of hydrogen-bond donors (Lipinski definition) is 3. The van der Waals surface area contributed by atoms with Crippen LogP contribution < -0.4 is 16.4 Å². The molecule has 0 aromatic heterocycles. The second kappa shape index (κ2) is 4.72. The van der Waals surface area contributed by atoms with Crippen LogP contribution in [0, 0.1) is 0 Å². The minimum atomic E-state index is -0.0992. The number of halogens is 1. The third-order valence-electron chi connectivity index (χ3n) is 1.71. The number of hydrogen-bond acceptors (Lipinski definition) is 3. The van der Waals surface area contributed by atoms with E-state index in [1.54, 1.807) is 25.2 Å². The van der Waals surface area contributed by atoms with Crippen LogP contribution in [-0.2, 0) is 4.79 Å². The second-order valence-electron chi connectivity index (χ2n) is 2.77. The highest BCUT2D eigenvalue weighted by Crippen LogP contribution is 2.23. The first-order valence-electron chi connectivity index (χ1n) is 4.13. The maximum atomic E-state index is 10.9. The van der Waals surface area contributed by atoms with Crippen molar-refractivity contribution >= 4 is 28.9 Å². The predicted octanol–water partition coefficient (Wildman–Crippen LogP) is 1.08. The highest BCUT2D eigenvalue weighted by Gasteiger charge is 2.02. The Morgan fingerprint density at radius 2 is 2.29 bits per heavy atom. The minimum Gasteiger partial charge on any atom is -0.399 e. The van der Waals surface area contributed by atoms with Gasteiger partial charge in [0.2, 0.25) is 5.91 Å². The van der Waals surface area contributed by atoms with Gasteiger partial charge < -0.3 is 16.4 Å². The summed E-state index contributed by atoms with van der Waals surface area (Å²) in [6.07, 6.45) is 0. The molecule has 1 rings (SSSR count). The molecule has 1 aromatic rings. The molecule has 14 heavy (non-hydrogen) atoms. The lowest BCUT2D eigenvalue weighted by molar-refractivity contribution is -0.118. The fourth-order valence-corrected chi connectivity index (χ4v) is 1.19. The molecule has 0 saturated heterocycles. The first-order valence-corrected chi connectivity index (χ1v) is 4.50. The van der Waals surface area contributed by atoms with Crippen molar-refractivity contribution in [3.63, 3.8) is 0 Å². The molecule has 76 valence electrons. The van der Waals surface area contributed by atoms with E-state index in [-0.39, 0.29) is 12.5 Å². The van der Waals surface area contributed by atoms with Crippen LogP contribution in [0.15, 0.2) is 18.2 Å². The Morgan fingerprint density at radius 1 is 1.57 bits per heavy atom. The van der Waals surface area contributed by atoms with E-state index in [4.69, 9.17) is 17.3 Å². The fraction of sp³-hybridized carbons (Fsp3) is 0.222. The van der Waals surface area contributed by atoms with Crippen molar-refractivity contribution in [2.75, 3.05) is 24.6 Å². The third-order valence-corrected chi connectivity index (χ3v) is 2.02. The maximum absolute atomic E-state index is 10.9. The smallest absolute Gasteiger partial charge is 0.239 e. The van der Waals surface area contributed by atoms with E-state index in [0.717, 1.165) is 0 Å². The zero-order valence-corrected chi connectivity index (χ0v) is 8.56. The molecule has 0 radical (unpaired) electrons. The maximum Gasteiger partial charge on any atom is 0.239 e. The molecule has 0 fully saturated rings. The summed E-state index contributed by atoms with van der Waals surface area (Å²) < 4.78 is 0. The molecule has 0 unspecified atom stereocenters. The number of carbonyl (C=O) groups excluding carboxylic acids is 1. The number of carbonyl (C=O) groups is 1. The summed E-state index contributed by atoms with van der Waals surface area (Å²) >= 11 is 5.88. The van der Waals surface area contributed by atoms with Crippen molar-refractivity contribution in [1.82, 2.24) is 5.32 Å². The van der Waals surface area contributed by atoms with E-state index < -0.39 is 0 Å². The van der Waals surface area contributed by atoms with Crippen molar-refractivity contribution in [3.05, 3.63) is 23.2 Å². The highest BCUT2D eigenvalue weighted by atomic mass is 35.5. The van der Waals surface area contributed by atoms with Crippen molar-refractivity contribution in [1.29, 1.82) is 0 Å². The van der Waals surface area contributed by atoms with Gasteiger partial charge in [0, 0.05) is 12.7 Å². The van der Waals surface area contributed by atoms with Gasteiger partial charge in [-0.05, 0) is 18.2 Å². The Balaban J connectivity index is 2.63. The van der Waals surface area contributed by atoms with Crippen LogP contribution >= 0.6 is 11.6 Å². The summed E-state index contributed by atoms with van der Waals surface area (Å²) in [5, 5.41) is 5.90. The monoisotopic (exact) mass is 213 g/mol. The molecule has 4 N–H and O–H groups in total. The number of anilines is 2. The standard InChI is InChI=1S/C9H12ClN3O/c1-12-9(14)5-13-8-3-2-6(11)4-7(8)10/h2-4,13H,5,11H2,1H3,(H,12,14). The summed E-state index contributed by atoms with van der Waals surface area (Å²) in [5.74, 6) is -0.0992. The van der Waals surface area contributed by atoms with Gasteiger partial charge in [0.05, 0.1) is 17.3 Å². The molecule has 4 nitrogen and oxygen atoms in total. The lowest BCUT2D eigenvalue weighted by atomic mass is 10.3. The molecule has 0 bridgehead atoms. The van der Waals surface area contributed by atoms with Gasteiger partial charge in [-0.2, -0.15) is 0 Å². The normalized spacial score (nSPS) is 9.57. The lowest BCUT2D eigenvalue weighted by Gasteiger charge is -2.07. The van der Waals surface area contributed by atoms with Crippen LogP contribution in [0.5, 0.6) is 0 Å². The quantitative estimate of drug-likeness (QED) is 0.659. The van der Waals surface area contributed by atoms with Gasteiger partial charge in [-0.3, -0.25) is 4.79 Å². The molecule has 0 aliphatic rings. The van der Waals surface area contributed by atoms with E-state index in [1.807, 2.05) is 0 Å². The van der Waals surface area contributed by atoms with Crippen LogP contribution in [0.2, 0.25) is 5.02 Å². The molecule has 0 aliphatic heterocycles. The number of nitrogen functional groups attached to an aromatic ring is 1. The number of rotatable bonds is 3. The van der Waals surface area contributed by atoms with Crippen molar-refractivity contribution < 1.29 is 4.79 Å². The predicted molar refractivity (Wildman–Crippen MR) is 58.4 cm³/mol. The van der Waals surface area contributed by atoms with Gasteiger partial charge in [0.15, 0.2) is 0 Å². The van der Waals surface area contributed by atoms with Gasteiger partial charge >= 0.3 is 0 Å². The Labute approximate surface area is 87.4 Å². The topological polar surface area (TPSA) is 67.2 Å². The van der Waals surface area contributed by atoms with E-state index in [1.165, 1.54) is 0 Å². The highest BCUT2D eigenvalue weighted by molar-refractivity contribution is 6.33. The molecule has 0 aliphatic carbocycles. The van der Waals surface area contributed by atoms with Crippen LogP contribution in [-0.4, -0.2) is 19.5 Å². The molecule has 0 saturated carbocycles. The van der Waals surface area contributed by atoms with E-state index in [2.05, 4.69) is 10.6 Å². The van der Waals surface area contributed by atoms with Crippen molar-refractivity contribution in [3.8, 4) is 0 Å². The summed E-state index contributed by atoms with van der Waals surface area (Å²) in [5.41, 5.74) is 6.81. The Hall–Kier alpha value is -1.42. The summed E-state index contributed by atoms with van der Waals surface area (Å²) in [4.78, 5) is 10.9. The van der Waals surface area contributed by atoms with Gasteiger partial charge in [-0.25, -0.2) is 0 Å². The largest absolute Gasteiger partial charge is 0.399 e. The van der Waals surface area contributed by atoms with Crippen LogP contribution in [0.1, 0.15) is 0 Å². The van der Waals surface area contributed by atoms with Gasteiger partial charge in [0.1, 0.15) is 0 Å². The molecule has 0 heterocycles. The number of nitrogens with two attached hydrogens (primary N) is 1. The number of benzene rings is 1. The Morgan fingerprint density at radius 3 is 2.86 bits per heavy atom. The average Bonchev–Trinajstić information content (AvgIpc) is 2.16. The molecule has 5 heteroatoms. The summed E-state index contributed by atoms with van der Waals surface area (Å²) in [7, 11) is 1.58. The van der Waals surface area contributed by atoms with Crippen LogP contribution in [0.4, 0.5) is 11.4 Å². The zero-order chi connectivity index (χ0) is 10.6. The van der Waals surface area contributed by atoms with E-state index in [9.17, 15) is 4.79 Å². The van der Waals surface area contributed by atoms with E-state index >= 15 is 0 Å².